The molecule has 0 aliphatic rings. The van der Waals surface area contributed by atoms with Crippen molar-refractivity contribution >= 4 is 34.8 Å². The SMILES string of the molecule is CCCCN(CC(N)=O)CC(=O)Nc1cc(Cl)ccc1N. The molecule has 0 saturated heterocycles. The Balaban J connectivity index is 2.64. The van der Waals surface area contributed by atoms with Gasteiger partial charge in [0.1, 0.15) is 0 Å². The number of amides is 2. The monoisotopic (exact) mass is 312 g/mol. The van der Waals surface area contributed by atoms with Gasteiger partial charge in [-0.25, -0.2) is 0 Å². The number of rotatable bonds is 8. The Kier molecular flexibility index (Phi) is 6.98. The topological polar surface area (TPSA) is 101 Å². The average Bonchev–Trinajstić information content (AvgIpc) is 2.39. The van der Waals surface area contributed by atoms with Crippen molar-refractivity contribution in [2.75, 3.05) is 30.7 Å². The van der Waals surface area contributed by atoms with Gasteiger partial charge in [-0.05, 0) is 31.2 Å². The highest BCUT2D eigenvalue weighted by atomic mass is 35.5. The van der Waals surface area contributed by atoms with Crippen molar-refractivity contribution in [3.05, 3.63) is 23.2 Å². The van der Waals surface area contributed by atoms with Crippen molar-refractivity contribution in [2.45, 2.75) is 19.8 Å². The molecule has 0 aromatic heterocycles. The number of halogens is 1. The molecule has 6 nitrogen and oxygen atoms in total. The molecular formula is C14H21ClN4O2. The molecule has 7 heteroatoms. The summed E-state index contributed by atoms with van der Waals surface area (Å²) in [4.78, 5) is 24.8. The van der Waals surface area contributed by atoms with Crippen molar-refractivity contribution in [2.24, 2.45) is 5.73 Å². The second kappa shape index (κ2) is 8.49. The van der Waals surface area contributed by atoms with Gasteiger partial charge >= 0.3 is 0 Å². The molecule has 0 radical (unpaired) electrons. The lowest BCUT2D eigenvalue weighted by molar-refractivity contribution is -0.121. The number of carbonyl (C=O) groups excluding carboxylic acids is 2. The van der Waals surface area contributed by atoms with E-state index in [4.69, 9.17) is 23.1 Å². The Morgan fingerprint density at radius 1 is 1.33 bits per heavy atom. The van der Waals surface area contributed by atoms with Crippen molar-refractivity contribution in [3.8, 4) is 0 Å². The summed E-state index contributed by atoms with van der Waals surface area (Å²) in [5, 5.41) is 3.17. The van der Waals surface area contributed by atoms with E-state index in [1.807, 2.05) is 6.92 Å². The van der Waals surface area contributed by atoms with Crippen LogP contribution in [0.3, 0.4) is 0 Å². The minimum Gasteiger partial charge on any atom is -0.397 e. The fraction of sp³-hybridized carbons (Fsp3) is 0.429. The number of primary amides is 1. The van der Waals surface area contributed by atoms with Gasteiger partial charge in [0.25, 0.3) is 0 Å². The van der Waals surface area contributed by atoms with Crippen LogP contribution in [0.15, 0.2) is 18.2 Å². The first kappa shape index (κ1) is 17.3. The average molecular weight is 313 g/mol. The van der Waals surface area contributed by atoms with Crippen molar-refractivity contribution < 1.29 is 9.59 Å². The van der Waals surface area contributed by atoms with Crippen molar-refractivity contribution in [1.29, 1.82) is 0 Å². The van der Waals surface area contributed by atoms with Gasteiger partial charge in [0.05, 0.1) is 24.5 Å². The largest absolute Gasteiger partial charge is 0.397 e. The summed E-state index contributed by atoms with van der Waals surface area (Å²) in [6.07, 6.45) is 1.86. The first-order chi connectivity index (χ1) is 9.92. The lowest BCUT2D eigenvalue weighted by atomic mass is 10.2. The molecule has 0 aliphatic carbocycles. The summed E-state index contributed by atoms with van der Waals surface area (Å²) in [5.74, 6) is -0.720. The zero-order valence-corrected chi connectivity index (χ0v) is 12.8. The summed E-state index contributed by atoms with van der Waals surface area (Å²) in [6.45, 7) is 2.81. The Hall–Kier alpha value is -1.79. The third-order valence-electron chi connectivity index (χ3n) is 2.86. The third kappa shape index (κ3) is 6.46. The molecule has 0 atom stereocenters. The van der Waals surface area contributed by atoms with E-state index in [-0.39, 0.29) is 19.0 Å². The number of hydrogen-bond acceptors (Lipinski definition) is 4. The van der Waals surface area contributed by atoms with Crippen LogP contribution >= 0.6 is 11.6 Å². The molecule has 1 aromatic rings. The number of nitrogens with zero attached hydrogens (tertiary/aromatic N) is 1. The van der Waals surface area contributed by atoms with E-state index in [9.17, 15) is 9.59 Å². The standard InChI is InChI=1S/C14H21ClN4O2/c1-2-3-6-19(8-13(17)20)9-14(21)18-12-7-10(15)4-5-11(12)16/h4-5,7H,2-3,6,8-9,16H2,1H3,(H2,17,20)(H,18,21). The molecule has 1 aromatic carbocycles. The smallest absolute Gasteiger partial charge is 0.238 e. The van der Waals surface area contributed by atoms with Gasteiger partial charge in [-0.3, -0.25) is 14.5 Å². The van der Waals surface area contributed by atoms with E-state index >= 15 is 0 Å². The molecule has 0 saturated carbocycles. The zero-order valence-electron chi connectivity index (χ0n) is 12.1. The van der Waals surface area contributed by atoms with Crippen LogP contribution in [0.2, 0.25) is 5.02 Å². The summed E-state index contributed by atoms with van der Waals surface area (Å²) in [5.41, 5.74) is 11.8. The van der Waals surface area contributed by atoms with E-state index < -0.39 is 5.91 Å². The number of nitrogens with one attached hydrogen (secondary N) is 1. The maximum Gasteiger partial charge on any atom is 0.238 e. The van der Waals surface area contributed by atoms with E-state index in [0.717, 1.165) is 12.8 Å². The van der Waals surface area contributed by atoms with Gasteiger partial charge in [0.15, 0.2) is 0 Å². The second-order valence-corrected chi connectivity index (χ2v) is 5.25. The predicted molar refractivity (Wildman–Crippen MR) is 85.0 cm³/mol. The number of nitrogens with two attached hydrogens (primary N) is 2. The lowest BCUT2D eigenvalue weighted by Crippen LogP contribution is -2.39. The Morgan fingerprint density at radius 3 is 2.67 bits per heavy atom. The van der Waals surface area contributed by atoms with Crippen LogP contribution in [0.25, 0.3) is 0 Å². The highest BCUT2D eigenvalue weighted by Crippen LogP contribution is 2.22. The molecule has 1 rings (SSSR count). The predicted octanol–water partition coefficient (Wildman–Crippen LogP) is 1.45. The van der Waals surface area contributed by atoms with Crippen LogP contribution < -0.4 is 16.8 Å². The van der Waals surface area contributed by atoms with Gasteiger partial charge < -0.3 is 16.8 Å². The minimum atomic E-state index is -0.457. The number of nitrogen functional groups attached to an aromatic ring is 1. The van der Waals surface area contributed by atoms with Gasteiger partial charge in [-0.2, -0.15) is 0 Å². The third-order valence-corrected chi connectivity index (χ3v) is 3.10. The molecule has 0 spiro atoms. The van der Waals surface area contributed by atoms with E-state index in [2.05, 4.69) is 5.32 Å². The quantitative estimate of drug-likeness (QED) is 0.632. The van der Waals surface area contributed by atoms with Gasteiger partial charge in [-0.1, -0.05) is 24.9 Å². The highest BCUT2D eigenvalue weighted by Gasteiger charge is 2.13. The summed E-state index contributed by atoms with van der Waals surface area (Å²) < 4.78 is 0. The lowest BCUT2D eigenvalue weighted by Gasteiger charge is -2.20. The molecule has 2 amide bonds. The Morgan fingerprint density at radius 2 is 2.05 bits per heavy atom. The van der Waals surface area contributed by atoms with E-state index in [1.165, 1.54) is 0 Å². The molecule has 5 N–H and O–H groups in total. The second-order valence-electron chi connectivity index (χ2n) is 4.81. The molecule has 0 heterocycles. The van der Waals surface area contributed by atoms with E-state index in [0.29, 0.717) is 22.9 Å². The number of carbonyl (C=O) groups is 2. The summed E-state index contributed by atoms with van der Waals surface area (Å²) in [7, 11) is 0. The number of unbranched alkanes of at least 4 members (excludes halogenated alkanes) is 1. The van der Waals surface area contributed by atoms with Crippen molar-refractivity contribution in [3.63, 3.8) is 0 Å². The molecule has 0 fully saturated rings. The highest BCUT2D eigenvalue weighted by molar-refractivity contribution is 6.31. The zero-order chi connectivity index (χ0) is 15.8. The molecule has 21 heavy (non-hydrogen) atoms. The van der Waals surface area contributed by atoms with Crippen LogP contribution in [0.1, 0.15) is 19.8 Å². The van der Waals surface area contributed by atoms with Gasteiger partial charge in [0, 0.05) is 5.02 Å². The van der Waals surface area contributed by atoms with Crippen LogP contribution in [-0.2, 0) is 9.59 Å². The number of hydrogen-bond donors (Lipinski definition) is 3. The summed E-state index contributed by atoms with van der Waals surface area (Å²) >= 11 is 5.86. The summed E-state index contributed by atoms with van der Waals surface area (Å²) in [6, 6.07) is 4.85. The van der Waals surface area contributed by atoms with Gasteiger partial charge in [0.2, 0.25) is 11.8 Å². The first-order valence-electron chi connectivity index (χ1n) is 6.78. The molecular weight excluding hydrogens is 292 g/mol. The Labute approximate surface area is 129 Å². The van der Waals surface area contributed by atoms with Crippen LogP contribution in [0, 0.1) is 0 Å². The minimum absolute atomic E-state index is 0.0540. The fourth-order valence-electron chi connectivity index (χ4n) is 1.85. The van der Waals surface area contributed by atoms with E-state index in [1.54, 1.807) is 23.1 Å². The van der Waals surface area contributed by atoms with Gasteiger partial charge in [-0.15, -0.1) is 0 Å². The fourth-order valence-corrected chi connectivity index (χ4v) is 2.02. The first-order valence-corrected chi connectivity index (χ1v) is 7.15. The number of anilines is 2. The molecule has 0 aliphatic heterocycles. The number of benzene rings is 1. The van der Waals surface area contributed by atoms with Crippen molar-refractivity contribution in [1.82, 2.24) is 4.90 Å². The molecule has 0 bridgehead atoms. The molecule has 116 valence electrons. The Bertz CT molecular complexity index is 508. The maximum atomic E-state index is 12.0. The normalized spacial score (nSPS) is 10.6. The van der Waals surface area contributed by atoms with Crippen LogP contribution in [0.4, 0.5) is 11.4 Å². The molecule has 0 unspecified atom stereocenters. The maximum absolute atomic E-state index is 12.0. The van der Waals surface area contributed by atoms with Crippen LogP contribution in [0.5, 0.6) is 0 Å². The van der Waals surface area contributed by atoms with Crippen LogP contribution in [-0.4, -0.2) is 36.3 Å².